The van der Waals surface area contributed by atoms with E-state index in [1.165, 1.54) is 27.7 Å². The Kier molecular flexibility index (Phi) is 49.4. The first kappa shape index (κ1) is 34.8. The van der Waals surface area contributed by atoms with Gasteiger partial charge in [0.25, 0.3) is 0 Å². The fraction of sp³-hybridized carbons (Fsp3) is 1.00. The molecule has 0 spiro atoms. The van der Waals surface area contributed by atoms with Crippen molar-refractivity contribution in [2.45, 2.75) is 52.1 Å². The quantitative estimate of drug-likeness (QED) is 0.231. The fourth-order valence-electron chi connectivity index (χ4n) is 0. The van der Waals surface area contributed by atoms with Gasteiger partial charge in [-0.2, -0.15) is 0 Å². The Morgan fingerprint density at radius 2 is 0.583 bits per heavy atom. The van der Waals surface area contributed by atoms with Crippen LogP contribution in [-0.4, -0.2) is 105 Å². The lowest BCUT2D eigenvalue weighted by molar-refractivity contribution is 0.110. The molecule has 0 aliphatic carbocycles. The monoisotopic (exact) mass is 364 g/mol. The number of nitrogens with two attached hydrogens (primary N) is 2. The van der Waals surface area contributed by atoms with Crippen LogP contribution >= 0.6 is 0 Å². The van der Waals surface area contributed by atoms with Gasteiger partial charge in [0.05, 0.1) is 50.8 Å². The van der Waals surface area contributed by atoms with Crippen LogP contribution in [0.25, 0.3) is 0 Å². The molecule has 0 saturated heterocycles. The summed E-state index contributed by atoms with van der Waals surface area (Å²) in [4.78, 5) is 0. The van der Waals surface area contributed by atoms with E-state index in [2.05, 4.69) is 0 Å². The highest BCUT2D eigenvalue weighted by molar-refractivity contribution is 4.35. The van der Waals surface area contributed by atoms with Gasteiger partial charge < -0.3 is 52.3 Å². The first-order valence-corrected chi connectivity index (χ1v) is 7.56. The van der Waals surface area contributed by atoms with E-state index in [4.69, 9.17) is 52.3 Å². The summed E-state index contributed by atoms with van der Waals surface area (Å²) in [6.45, 7) is 6.75. The lowest BCUT2D eigenvalue weighted by Gasteiger charge is -1.90. The Bertz CT molecular complexity index is 139. The molecule has 0 aromatic rings. The molecule has 0 heterocycles. The minimum absolute atomic E-state index is 0.139. The molecule has 10 nitrogen and oxygen atoms in total. The third kappa shape index (κ3) is 124. The minimum Gasteiger partial charge on any atom is -0.394 e. The SMILES string of the molecule is CC(O)CO.CC(O)CO.CC(O)CO.CC(O)CO.NCCN. The standard InChI is InChI=1S/4C3H8O2.C2H8N2/c4*1-3(5)2-4;3-1-2-4/h4*3-5H,2H2,1H3;1-4H2. The lowest BCUT2D eigenvalue weighted by Crippen LogP contribution is -2.11. The van der Waals surface area contributed by atoms with Gasteiger partial charge in [0.1, 0.15) is 0 Å². The van der Waals surface area contributed by atoms with E-state index < -0.39 is 24.4 Å². The van der Waals surface area contributed by atoms with Gasteiger partial charge >= 0.3 is 0 Å². The summed E-state index contributed by atoms with van der Waals surface area (Å²) in [6.07, 6.45) is -2.24. The van der Waals surface area contributed by atoms with Gasteiger partial charge in [-0.25, -0.2) is 0 Å². The van der Waals surface area contributed by atoms with Crippen molar-refractivity contribution in [2.24, 2.45) is 11.5 Å². The Labute approximate surface area is 145 Å². The summed E-state index contributed by atoms with van der Waals surface area (Å²) >= 11 is 0. The van der Waals surface area contributed by atoms with Crippen LogP contribution < -0.4 is 11.5 Å². The molecule has 0 bridgehead atoms. The molecule has 12 N–H and O–H groups in total. The van der Waals surface area contributed by atoms with Crippen LogP contribution in [0.5, 0.6) is 0 Å². The molecular formula is C14H40N2O8. The molecule has 4 atom stereocenters. The van der Waals surface area contributed by atoms with Crippen molar-refractivity contribution in [1.82, 2.24) is 0 Å². The zero-order valence-electron chi connectivity index (χ0n) is 15.3. The summed E-state index contributed by atoms with van der Waals surface area (Å²) in [5, 5.41) is 64.0. The van der Waals surface area contributed by atoms with E-state index in [0.29, 0.717) is 13.1 Å². The molecule has 154 valence electrons. The second-order valence-electron chi connectivity index (χ2n) is 4.70. The molecule has 0 aromatic heterocycles. The van der Waals surface area contributed by atoms with Gasteiger partial charge in [-0.3, -0.25) is 0 Å². The first-order valence-electron chi connectivity index (χ1n) is 7.56. The van der Waals surface area contributed by atoms with E-state index >= 15 is 0 Å². The highest BCUT2D eigenvalue weighted by atomic mass is 16.3. The summed E-state index contributed by atoms with van der Waals surface area (Å²) < 4.78 is 0. The molecule has 24 heavy (non-hydrogen) atoms. The number of aliphatic hydroxyl groups is 8. The maximum absolute atomic E-state index is 8.11. The van der Waals surface area contributed by atoms with E-state index in [9.17, 15) is 0 Å². The molecule has 0 saturated carbocycles. The van der Waals surface area contributed by atoms with Crippen molar-refractivity contribution >= 4 is 0 Å². The minimum atomic E-state index is -0.560. The van der Waals surface area contributed by atoms with Crippen molar-refractivity contribution in [3.05, 3.63) is 0 Å². The van der Waals surface area contributed by atoms with Gasteiger partial charge in [0.15, 0.2) is 0 Å². The van der Waals surface area contributed by atoms with Crippen LogP contribution in [0, 0.1) is 0 Å². The van der Waals surface area contributed by atoms with Crippen LogP contribution in [0.1, 0.15) is 27.7 Å². The van der Waals surface area contributed by atoms with Crippen molar-refractivity contribution in [3.8, 4) is 0 Å². The second-order valence-corrected chi connectivity index (χ2v) is 4.70. The van der Waals surface area contributed by atoms with Gasteiger partial charge in [-0.1, -0.05) is 0 Å². The molecule has 0 fully saturated rings. The highest BCUT2D eigenvalue weighted by Gasteiger charge is 1.84. The lowest BCUT2D eigenvalue weighted by atomic mass is 10.5. The average molecular weight is 364 g/mol. The average Bonchev–Trinajstić information content (AvgIpc) is 2.56. The normalized spacial score (nSPS) is 13.8. The molecule has 10 heteroatoms. The van der Waals surface area contributed by atoms with E-state index in [1.807, 2.05) is 0 Å². The Hall–Kier alpha value is -0.400. The predicted octanol–water partition coefficient (Wildman–Crippen LogP) is -3.66. The Morgan fingerprint density at radius 3 is 0.583 bits per heavy atom. The van der Waals surface area contributed by atoms with E-state index in [-0.39, 0.29) is 26.4 Å². The van der Waals surface area contributed by atoms with Crippen LogP contribution in [0.3, 0.4) is 0 Å². The predicted molar refractivity (Wildman–Crippen MR) is 93.2 cm³/mol. The smallest absolute Gasteiger partial charge is 0.0742 e. The molecular weight excluding hydrogens is 324 g/mol. The molecule has 0 amide bonds. The summed E-state index contributed by atoms with van der Waals surface area (Å²) in [7, 11) is 0. The van der Waals surface area contributed by atoms with Crippen molar-refractivity contribution < 1.29 is 40.9 Å². The maximum atomic E-state index is 8.11. The van der Waals surface area contributed by atoms with Crippen LogP contribution in [0.4, 0.5) is 0 Å². The molecule has 0 aromatic carbocycles. The highest BCUT2D eigenvalue weighted by Crippen LogP contribution is 1.70. The van der Waals surface area contributed by atoms with E-state index in [0.717, 1.165) is 0 Å². The molecule has 0 radical (unpaired) electrons. The number of hydrogen-bond donors (Lipinski definition) is 10. The molecule has 0 aliphatic rings. The fourth-order valence-corrected chi connectivity index (χ4v) is 0. The van der Waals surface area contributed by atoms with Crippen LogP contribution in [0.2, 0.25) is 0 Å². The van der Waals surface area contributed by atoms with Gasteiger partial charge in [-0.15, -0.1) is 0 Å². The Morgan fingerprint density at radius 1 is 0.500 bits per heavy atom. The zero-order valence-corrected chi connectivity index (χ0v) is 15.3. The molecule has 0 aliphatic heterocycles. The molecule has 0 rings (SSSR count). The van der Waals surface area contributed by atoms with Gasteiger partial charge in [0, 0.05) is 13.1 Å². The van der Waals surface area contributed by atoms with Crippen LogP contribution in [0.15, 0.2) is 0 Å². The molecule has 4 unspecified atom stereocenters. The number of rotatable bonds is 5. The van der Waals surface area contributed by atoms with Gasteiger partial charge in [-0.05, 0) is 27.7 Å². The maximum Gasteiger partial charge on any atom is 0.0742 e. The van der Waals surface area contributed by atoms with E-state index in [1.54, 1.807) is 0 Å². The second kappa shape index (κ2) is 34.0. The zero-order chi connectivity index (χ0) is 20.6. The topological polar surface area (TPSA) is 214 Å². The van der Waals surface area contributed by atoms with Gasteiger partial charge in [0.2, 0.25) is 0 Å². The third-order valence-corrected chi connectivity index (χ3v) is 1.22. The largest absolute Gasteiger partial charge is 0.394 e. The van der Waals surface area contributed by atoms with Crippen molar-refractivity contribution in [2.75, 3.05) is 39.5 Å². The van der Waals surface area contributed by atoms with Crippen LogP contribution in [-0.2, 0) is 0 Å². The summed E-state index contributed by atoms with van der Waals surface area (Å²) in [5.74, 6) is 0. The van der Waals surface area contributed by atoms with Crippen molar-refractivity contribution in [1.29, 1.82) is 0 Å². The van der Waals surface area contributed by atoms with Crippen molar-refractivity contribution in [3.63, 3.8) is 0 Å². The number of hydrogen-bond acceptors (Lipinski definition) is 10. The summed E-state index contributed by atoms with van der Waals surface area (Å²) in [6, 6.07) is 0. The number of aliphatic hydroxyl groups excluding tert-OH is 8. The first-order chi connectivity index (χ1) is 11.0. The third-order valence-electron chi connectivity index (χ3n) is 1.22. The summed E-state index contributed by atoms with van der Waals surface area (Å²) in [5.41, 5.74) is 9.81. The Balaban J connectivity index is -0.0000000628.